The predicted molar refractivity (Wildman–Crippen MR) is 143 cm³/mol. The van der Waals surface area contributed by atoms with Gasteiger partial charge in [-0.05, 0) is 60.2 Å². The van der Waals surface area contributed by atoms with E-state index in [1.54, 1.807) is 18.7 Å². The van der Waals surface area contributed by atoms with Gasteiger partial charge < -0.3 is 8.83 Å². The molecule has 5 heteroatoms. The van der Waals surface area contributed by atoms with Crippen molar-refractivity contribution in [3.63, 3.8) is 0 Å². The summed E-state index contributed by atoms with van der Waals surface area (Å²) in [4.78, 5) is 4.28. The topological polar surface area (TPSA) is 49.0 Å². The summed E-state index contributed by atoms with van der Waals surface area (Å²) in [7, 11) is 0. The lowest BCUT2D eigenvalue weighted by Gasteiger charge is -2.10. The Bertz CT molecular complexity index is 2050. The molecule has 0 saturated heterocycles. The van der Waals surface area contributed by atoms with Gasteiger partial charge in [0.05, 0.1) is 23.6 Å². The van der Waals surface area contributed by atoms with Crippen LogP contribution >= 0.6 is 0 Å². The summed E-state index contributed by atoms with van der Waals surface area (Å²) in [5, 5.41) is 4.50. The Morgan fingerprint density at radius 1 is 0.528 bits per heavy atom. The largest absolute Gasteiger partial charge is 0.447 e. The molecule has 0 radical (unpaired) electrons. The SMILES string of the molecule is c1cncc(-c2cccc(-n3c4ccc(-n5c6ccccc6c6ccoc65)cc4c4ccoc43)c2)c1. The highest BCUT2D eigenvalue weighted by Crippen LogP contribution is 2.37. The van der Waals surface area contributed by atoms with Crippen molar-refractivity contribution < 1.29 is 8.83 Å². The summed E-state index contributed by atoms with van der Waals surface area (Å²) < 4.78 is 16.3. The van der Waals surface area contributed by atoms with E-state index in [9.17, 15) is 0 Å². The Kier molecular flexibility index (Phi) is 3.88. The van der Waals surface area contributed by atoms with E-state index in [2.05, 4.69) is 86.9 Å². The average Bonchev–Trinajstić information content (AvgIpc) is 3.70. The van der Waals surface area contributed by atoms with Crippen LogP contribution in [-0.4, -0.2) is 14.1 Å². The molecule has 0 aliphatic heterocycles. The van der Waals surface area contributed by atoms with Gasteiger partial charge in [-0.3, -0.25) is 14.1 Å². The fraction of sp³-hybridized carbons (Fsp3) is 0. The molecule has 0 aliphatic rings. The normalized spacial score (nSPS) is 11.9. The minimum Gasteiger partial charge on any atom is -0.447 e. The summed E-state index contributed by atoms with van der Waals surface area (Å²) in [6, 6.07) is 31.5. The van der Waals surface area contributed by atoms with E-state index in [4.69, 9.17) is 8.83 Å². The van der Waals surface area contributed by atoms with Crippen LogP contribution in [0.5, 0.6) is 0 Å². The molecule has 0 fully saturated rings. The molecule has 8 rings (SSSR count). The summed E-state index contributed by atoms with van der Waals surface area (Å²) in [6.45, 7) is 0. The fourth-order valence-corrected chi connectivity index (χ4v) is 5.42. The Labute approximate surface area is 205 Å². The van der Waals surface area contributed by atoms with Crippen molar-refractivity contribution in [2.75, 3.05) is 0 Å². The van der Waals surface area contributed by atoms with Crippen LogP contribution in [0, 0.1) is 0 Å². The zero-order valence-electron chi connectivity index (χ0n) is 19.1. The van der Waals surface area contributed by atoms with Gasteiger partial charge >= 0.3 is 0 Å². The molecule has 0 aliphatic carbocycles. The van der Waals surface area contributed by atoms with Crippen LogP contribution in [0.15, 0.2) is 125 Å². The lowest BCUT2D eigenvalue weighted by molar-refractivity contribution is 0.595. The molecule has 0 amide bonds. The fourth-order valence-electron chi connectivity index (χ4n) is 5.42. The van der Waals surface area contributed by atoms with Crippen molar-refractivity contribution in [1.82, 2.24) is 14.1 Å². The molecular formula is C31H19N3O2. The lowest BCUT2D eigenvalue weighted by atomic mass is 10.1. The number of furan rings is 2. The minimum atomic E-state index is 0.825. The van der Waals surface area contributed by atoms with E-state index in [0.29, 0.717) is 0 Å². The second kappa shape index (κ2) is 7.23. The number of hydrogen-bond acceptors (Lipinski definition) is 3. The van der Waals surface area contributed by atoms with Gasteiger partial charge in [0, 0.05) is 50.9 Å². The monoisotopic (exact) mass is 465 g/mol. The van der Waals surface area contributed by atoms with E-state index < -0.39 is 0 Å². The molecule has 0 spiro atoms. The summed E-state index contributed by atoms with van der Waals surface area (Å²) >= 11 is 0. The van der Waals surface area contributed by atoms with Crippen molar-refractivity contribution in [3.8, 4) is 22.5 Å². The van der Waals surface area contributed by atoms with Crippen LogP contribution in [0.3, 0.4) is 0 Å². The molecular weight excluding hydrogens is 446 g/mol. The van der Waals surface area contributed by atoms with Gasteiger partial charge in [0.2, 0.25) is 11.4 Å². The number of benzene rings is 3. The molecule has 3 aromatic carbocycles. The molecule has 0 unspecified atom stereocenters. The van der Waals surface area contributed by atoms with Crippen LogP contribution in [0.25, 0.3) is 66.5 Å². The molecule has 5 heterocycles. The molecule has 5 nitrogen and oxygen atoms in total. The number of rotatable bonds is 3. The number of para-hydroxylation sites is 1. The number of pyridine rings is 1. The lowest BCUT2D eigenvalue weighted by Crippen LogP contribution is -1.96. The molecule has 36 heavy (non-hydrogen) atoms. The number of hydrogen-bond donors (Lipinski definition) is 0. The predicted octanol–water partition coefficient (Wildman–Crippen LogP) is 8.13. The standard InChI is InChI=1S/C31H19N3O2/c1-2-9-28-24(8-1)25-12-15-35-30(25)34(28)23-10-11-29-27(18-23)26-13-16-36-31(26)33(29)22-7-3-5-20(17-22)21-6-4-14-32-19-21/h1-19H. The van der Waals surface area contributed by atoms with Crippen LogP contribution in [-0.2, 0) is 0 Å². The number of fused-ring (bicyclic) bond motifs is 6. The zero-order valence-corrected chi connectivity index (χ0v) is 19.1. The van der Waals surface area contributed by atoms with E-state index in [1.807, 2.05) is 24.4 Å². The van der Waals surface area contributed by atoms with Gasteiger partial charge in [0.25, 0.3) is 0 Å². The van der Waals surface area contributed by atoms with Crippen LogP contribution in [0.4, 0.5) is 0 Å². The van der Waals surface area contributed by atoms with Crippen LogP contribution < -0.4 is 0 Å². The Hall–Kier alpha value is -5.03. The molecule has 8 aromatic rings. The molecule has 170 valence electrons. The van der Waals surface area contributed by atoms with E-state index in [1.165, 1.54) is 5.39 Å². The second-order valence-electron chi connectivity index (χ2n) is 8.96. The maximum atomic E-state index is 6.02. The third-order valence-electron chi connectivity index (χ3n) is 7.00. The van der Waals surface area contributed by atoms with Crippen molar-refractivity contribution >= 4 is 44.0 Å². The van der Waals surface area contributed by atoms with E-state index in [-0.39, 0.29) is 0 Å². The van der Waals surface area contributed by atoms with Crippen molar-refractivity contribution in [2.45, 2.75) is 0 Å². The van der Waals surface area contributed by atoms with Gasteiger partial charge in [-0.2, -0.15) is 0 Å². The smallest absolute Gasteiger partial charge is 0.212 e. The minimum absolute atomic E-state index is 0.825. The first kappa shape index (κ1) is 19.3. The van der Waals surface area contributed by atoms with Crippen LogP contribution in [0.2, 0.25) is 0 Å². The Balaban J connectivity index is 1.38. The van der Waals surface area contributed by atoms with Gasteiger partial charge in [-0.15, -0.1) is 0 Å². The molecule has 0 atom stereocenters. The maximum absolute atomic E-state index is 6.02. The van der Waals surface area contributed by atoms with Gasteiger partial charge in [0.15, 0.2) is 0 Å². The third-order valence-corrected chi connectivity index (χ3v) is 7.00. The summed E-state index contributed by atoms with van der Waals surface area (Å²) in [6.07, 6.45) is 7.19. The highest BCUT2D eigenvalue weighted by molar-refractivity contribution is 6.10. The average molecular weight is 466 g/mol. The van der Waals surface area contributed by atoms with Gasteiger partial charge in [0.1, 0.15) is 0 Å². The van der Waals surface area contributed by atoms with E-state index >= 15 is 0 Å². The first-order valence-corrected chi connectivity index (χ1v) is 11.9. The quantitative estimate of drug-likeness (QED) is 0.265. The first-order chi connectivity index (χ1) is 17.9. The van der Waals surface area contributed by atoms with Crippen molar-refractivity contribution in [3.05, 3.63) is 116 Å². The molecule has 5 aromatic heterocycles. The molecule has 0 saturated carbocycles. The Morgan fingerprint density at radius 2 is 1.25 bits per heavy atom. The highest BCUT2D eigenvalue weighted by atomic mass is 16.3. The third kappa shape index (κ3) is 2.62. The van der Waals surface area contributed by atoms with Crippen molar-refractivity contribution in [1.29, 1.82) is 0 Å². The first-order valence-electron chi connectivity index (χ1n) is 11.9. The molecule has 0 bridgehead atoms. The highest BCUT2D eigenvalue weighted by Gasteiger charge is 2.19. The van der Waals surface area contributed by atoms with Gasteiger partial charge in [-0.1, -0.05) is 36.4 Å². The zero-order chi connectivity index (χ0) is 23.6. The number of aromatic nitrogens is 3. The van der Waals surface area contributed by atoms with Crippen LogP contribution in [0.1, 0.15) is 0 Å². The molecule has 0 N–H and O–H groups in total. The Morgan fingerprint density at radius 3 is 2.06 bits per heavy atom. The number of nitrogens with zero attached hydrogens (tertiary/aromatic N) is 3. The van der Waals surface area contributed by atoms with Crippen molar-refractivity contribution in [2.24, 2.45) is 0 Å². The van der Waals surface area contributed by atoms with E-state index in [0.717, 1.165) is 61.1 Å². The second-order valence-corrected chi connectivity index (χ2v) is 8.96. The van der Waals surface area contributed by atoms with Gasteiger partial charge in [-0.25, -0.2) is 0 Å². The summed E-state index contributed by atoms with van der Waals surface area (Å²) in [5.74, 6) is 0. The maximum Gasteiger partial charge on any atom is 0.212 e. The summed E-state index contributed by atoms with van der Waals surface area (Å²) in [5.41, 5.74) is 8.16.